The highest BCUT2D eigenvalue weighted by Crippen LogP contribution is 2.44. The van der Waals surface area contributed by atoms with Crippen molar-refractivity contribution in [3.63, 3.8) is 0 Å². The third-order valence-electron chi connectivity index (χ3n) is 4.79. The van der Waals surface area contributed by atoms with Gasteiger partial charge < -0.3 is 25.6 Å². The molecule has 4 N–H and O–H groups in total. The van der Waals surface area contributed by atoms with Crippen LogP contribution in [0.3, 0.4) is 0 Å². The third kappa shape index (κ3) is 2.06. The number of fused-ring (bicyclic) bond motifs is 1. The number of hydrogen-bond donors (Lipinski definition) is 3. The van der Waals surface area contributed by atoms with Gasteiger partial charge >= 0.3 is 0 Å². The zero-order valence-electron chi connectivity index (χ0n) is 13.3. The molecule has 10 heteroatoms. The fourth-order valence-corrected chi connectivity index (χ4v) is 3.00. The lowest BCUT2D eigenvalue weighted by molar-refractivity contribution is -0.224. The summed E-state index contributed by atoms with van der Waals surface area (Å²) in [7, 11) is 1.90. The lowest BCUT2D eigenvalue weighted by atomic mass is 9.99. The van der Waals surface area contributed by atoms with Crippen molar-refractivity contribution in [2.24, 2.45) is 0 Å². The zero-order chi connectivity index (χ0) is 17.3. The molecule has 2 aromatic rings. The highest BCUT2D eigenvalue weighted by molar-refractivity contribution is 5.85. The van der Waals surface area contributed by atoms with Gasteiger partial charge in [-0.15, -0.1) is 0 Å². The number of nitrogens with zero attached hydrogens (tertiary/aromatic N) is 5. The first-order valence-corrected chi connectivity index (χ1v) is 7.70. The topological polar surface area (TPSA) is 123 Å². The van der Waals surface area contributed by atoms with Gasteiger partial charge in [-0.2, -0.15) is 9.97 Å². The SMILES string of the molecule is CN(c1nc(N)nc2c1ncn2C1OCC(O)(O)[C@]1(C)F)C1CC1. The molecule has 9 nitrogen and oxygen atoms in total. The molecule has 0 amide bonds. The van der Waals surface area contributed by atoms with Crippen LogP contribution in [0.2, 0.25) is 0 Å². The molecule has 0 aromatic carbocycles. The van der Waals surface area contributed by atoms with Gasteiger partial charge in [0, 0.05) is 13.1 Å². The van der Waals surface area contributed by atoms with Gasteiger partial charge in [0.1, 0.15) is 6.61 Å². The number of nitrogens with two attached hydrogens (primary N) is 1. The average Bonchev–Trinajstić information content (AvgIpc) is 3.23. The van der Waals surface area contributed by atoms with Crippen LogP contribution in [0.15, 0.2) is 6.33 Å². The van der Waals surface area contributed by atoms with Crippen LogP contribution in [0.4, 0.5) is 16.2 Å². The van der Waals surface area contributed by atoms with Crippen molar-refractivity contribution < 1.29 is 19.3 Å². The molecule has 1 aliphatic heterocycles. The predicted octanol–water partition coefficient (Wildman–Crippen LogP) is -0.0550. The largest absolute Gasteiger partial charge is 0.368 e. The molecule has 2 atom stereocenters. The second-order valence-electron chi connectivity index (χ2n) is 6.63. The first kappa shape index (κ1) is 15.5. The predicted molar refractivity (Wildman–Crippen MR) is 82.8 cm³/mol. The van der Waals surface area contributed by atoms with Crippen molar-refractivity contribution in [3.05, 3.63) is 6.33 Å². The Hall–Kier alpha value is -2.04. The number of hydrogen-bond acceptors (Lipinski definition) is 8. The van der Waals surface area contributed by atoms with E-state index in [1.807, 2.05) is 11.9 Å². The van der Waals surface area contributed by atoms with Gasteiger partial charge in [-0.1, -0.05) is 0 Å². The summed E-state index contributed by atoms with van der Waals surface area (Å²) in [5.41, 5.74) is 4.12. The smallest absolute Gasteiger partial charge is 0.226 e. The van der Waals surface area contributed by atoms with Crippen molar-refractivity contribution in [1.29, 1.82) is 0 Å². The summed E-state index contributed by atoms with van der Waals surface area (Å²) in [6.45, 7) is 0.512. The lowest BCUT2D eigenvalue weighted by Gasteiger charge is -2.29. The van der Waals surface area contributed by atoms with Crippen LogP contribution in [-0.4, -0.2) is 60.9 Å². The molecule has 0 spiro atoms. The average molecular weight is 338 g/mol. The molecule has 2 aromatic heterocycles. The molecule has 1 unspecified atom stereocenters. The minimum atomic E-state index is -2.60. The van der Waals surface area contributed by atoms with Crippen molar-refractivity contribution >= 4 is 22.9 Å². The molecule has 1 aliphatic carbocycles. The molecule has 4 rings (SSSR count). The lowest BCUT2D eigenvalue weighted by Crippen LogP contribution is -2.49. The van der Waals surface area contributed by atoms with Crippen molar-refractivity contribution in [1.82, 2.24) is 19.5 Å². The van der Waals surface area contributed by atoms with Crippen LogP contribution < -0.4 is 10.6 Å². The van der Waals surface area contributed by atoms with Crippen LogP contribution in [0.1, 0.15) is 26.0 Å². The third-order valence-corrected chi connectivity index (χ3v) is 4.79. The van der Waals surface area contributed by atoms with Crippen LogP contribution in [-0.2, 0) is 4.74 Å². The maximum absolute atomic E-state index is 14.9. The summed E-state index contributed by atoms with van der Waals surface area (Å²) in [5.74, 6) is -2.00. The minimum Gasteiger partial charge on any atom is -0.368 e. The second-order valence-corrected chi connectivity index (χ2v) is 6.63. The number of anilines is 2. The normalized spacial score (nSPS) is 29.3. The Morgan fingerprint density at radius 2 is 2.12 bits per heavy atom. The number of halogens is 1. The van der Waals surface area contributed by atoms with Crippen molar-refractivity contribution in [3.8, 4) is 0 Å². The first-order valence-electron chi connectivity index (χ1n) is 7.70. The van der Waals surface area contributed by atoms with Gasteiger partial charge in [0.15, 0.2) is 23.2 Å². The van der Waals surface area contributed by atoms with E-state index in [1.54, 1.807) is 0 Å². The van der Waals surface area contributed by atoms with Crippen LogP contribution in [0.5, 0.6) is 0 Å². The van der Waals surface area contributed by atoms with Gasteiger partial charge in [0.05, 0.1) is 6.33 Å². The van der Waals surface area contributed by atoms with E-state index in [0.717, 1.165) is 19.8 Å². The first-order chi connectivity index (χ1) is 11.2. The van der Waals surface area contributed by atoms with Crippen molar-refractivity contribution in [2.45, 2.75) is 43.5 Å². The van der Waals surface area contributed by atoms with Gasteiger partial charge in [0.25, 0.3) is 0 Å². The maximum Gasteiger partial charge on any atom is 0.226 e. The molecule has 0 radical (unpaired) electrons. The molecule has 0 bridgehead atoms. The summed E-state index contributed by atoms with van der Waals surface area (Å²) >= 11 is 0. The van der Waals surface area contributed by atoms with E-state index in [-0.39, 0.29) is 11.6 Å². The van der Waals surface area contributed by atoms with E-state index < -0.39 is 24.3 Å². The highest BCUT2D eigenvalue weighted by Gasteiger charge is 2.60. The van der Waals surface area contributed by atoms with Gasteiger partial charge in [-0.3, -0.25) is 4.57 Å². The fraction of sp³-hybridized carbons (Fsp3) is 0.643. The monoisotopic (exact) mass is 338 g/mol. The van der Waals surface area contributed by atoms with E-state index in [0.29, 0.717) is 17.4 Å². The summed E-state index contributed by atoms with van der Waals surface area (Å²) in [4.78, 5) is 14.7. The van der Waals surface area contributed by atoms with E-state index >= 15 is 0 Å². The van der Waals surface area contributed by atoms with Crippen LogP contribution in [0, 0.1) is 0 Å². The molecule has 1 saturated carbocycles. The molecule has 2 fully saturated rings. The quantitative estimate of drug-likeness (QED) is 0.666. The Balaban J connectivity index is 1.84. The van der Waals surface area contributed by atoms with E-state index in [9.17, 15) is 14.6 Å². The molecular formula is C14H19FN6O3. The number of aromatic nitrogens is 4. The molecule has 1 saturated heterocycles. The molecule has 130 valence electrons. The van der Waals surface area contributed by atoms with E-state index in [4.69, 9.17) is 10.5 Å². The maximum atomic E-state index is 14.9. The zero-order valence-corrected chi connectivity index (χ0v) is 13.3. The van der Waals surface area contributed by atoms with Crippen LogP contribution in [0.25, 0.3) is 11.2 Å². The minimum absolute atomic E-state index is 0.0320. The number of nitrogen functional groups attached to an aromatic ring is 1. The summed E-state index contributed by atoms with van der Waals surface area (Å²) in [6, 6.07) is 0.379. The van der Waals surface area contributed by atoms with Crippen molar-refractivity contribution in [2.75, 3.05) is 24.3 Å². The number of alkyl halides is 1. The Morgan fingerprint density at radius 3 is 2.71 bits per heavy atom. The Morgan fingerprint density at radius 1 is 1.42 bits per heavy atom. The van der Waals surface area contributed by atoms with Gasteiger partial charge in [-0.05, 0) is 19.8 Å². The summed E-state index contributed by atoms with van der Waals surface area (Å²) < 4.78 is 21.5. The highest BCUT2D eigenvalue weighted by atomic mass is 19.1. The fourth-order valence-electron chi connectivity index (χ4n) is 3.00. The Labute approximate surface area is 136 Å². The van der Waals surface area contributed by atoms with E-state index in [1.165, 1.54) is 10.9 Å². The molecule has 3 heterocycles. The molecule has 24 heavy (non-hydrogen) atoms. The second kappa shape index (κ2) is 4.74. The number of imidazole rings is 1. The molecular weight excluding hydrogens is 319 g/mol. The number of aliphatic hydroxyl groups is 2. The van der Waals surface area contributed by atoms with E-state index in [2.05, 4.69) is 15.0 Å². The summed E-state index contributed by atoms with van der Waals surface area (Å²) in [5, 5.41) is 19.6. The van der Waals surface area contributed by atoms with Gasteiger partial charge in [0.2, 0.25) is 17.4 Å². The summed E-state index contributed by atoms with van der Waals surface area (Å²) in [6.07, 6.45) is 2.20. The number of rotatable bonds is 3. The number of ether oxygens (including phenoxy) is 1. The Kier molecular flexibility index (Phi) is 3.06. The standard InChI is InChI=1S/C14H19FN6O3/c1-13(15)11(24-5-14(13,22)23)21-6-17-8-9(20(2)7-3-4-7)18-12(16)19-10(8)21/h6-7,11,22-23H,3-5H2,1-2H3,(H2,16,18,19)/t11?,13-/m1/s1. The Bertz CT molecular complexity index is 803. The van der Waals surface area contributed by atoms with Gasteiger partial charge in [-0.25, -0.2) is 9.37 Å². The molecule has 2 aliphatic rings. The van der Waals surface area contributed by atoms with Crippen LogP contribution >= 0.6 is 0 Å².